The van der Waals surface area contributed by atoms with Crippen LogP contribution >= 0.6 is 11.3 Å². The third-order valence-electron chi connectivity index (χ3n) is 5.42. The van der Waals surface area contributed by atoms with Crippen molar-refractivity contribution in [3.63, 3.8) is 0 Å². The Kier molecular flexibility index (Phi) is 3.18. The van der Waals surface area contributed by atoms with Crippen LogP contribution in [-0.2, 0) is 21.4 Å². The van der Waals surface area contributed by atoms with Crippen molar-refractivity contribution >= 4 is 23.2 Å². The van der Waals surface area contributed by atoms with Gasteiger partial charge in [0.2, 0.25) is 16.9 Å². The first kappa shape index (κ1) is 15.5. The van der Waals surface area contributed by atoms with Crippen molar-refractivity contribution in [1.82, 2.24) is 20.1 Å². The van der Waals surface area contributed by atoms with Gasteiger partial charge in [-0.2, -0.15) is 5.10 Å². The molecule has 1 atom stereocenters. The van der Waals surface area contributed by atoms with Crippen LogP contribution in [0.4, 0.5) is 0 Å². The molecule has 3 heterocycles. The number of amides is 2. The van der Waals surface area contributed by atoms with Crippen molar-refractivity contribution in [2.24, 2.45) is 0 Å². The lowest BCUT2D eigenvalue weighted by molar-refractivity contribution is -0.126. The largest absolute Gasteiger partial charge is 0.296 e. The zero-order valence-corrected chi connectivity index (χ0v) is 15.0. The van der Waals surface area contributed by atoms with E-state index >= 15 is 0 Å². The van der Waals surface area contributed by atoms with Gasteiger partial charge in [-0.15, -0.1) is 11.3 Å². The number of nitrogens with one attached hydrogen (secondary N) is 1. The van der Waals surface area contributed by atoms with Crippen molar-refractivity contribution in [2.75, 3.05) is 0 Å². The van der Waals surface area contributed by atoms with Gasteiger partial charge in [-0.3, -0.25) is 14.9 Å². The second-order valence-corrected chi connectivity index (χ2v) is 7.77. The lowest BCUT2D eigenvalue weighted by atomic mass is 9.80. The zero-order valence-electron chi connectivity index (χ0n) is 14.2. The Hall–Kier alpha value is -2.80. The number of benzene rings is 1. The molecule has 0 radical (unpaired) electrons. The average Bonchev–Trinajstić information content (AvgIpc) is 3.37. The molecule has 1 spiro atoms. The van der Waals surface area contributed by atoms with E-state index in [0.717, 1.165) is 39.5 Å². The predicted molar refractivity (Wildman–Crippen MR) is 97.2 cm³/mol. The number of hydrogen-bond donors (Lipinski definition) is 1. The molecule has 1 aliphatic carbocycles. The summed E-state index contributed by atoms with van der Waals surface area (Å²) in [6.45, 7) is 1.98. The van der Waals surface area contributed by atoms with Gasteiger partial charge in [-0.05, 0) is 36.5 Å². The summed E-state index contributed by atoms with van der Waals surface area (Å²) in [5.41, 5.74) is 4.54. The van der Waals surface area contributed by atoms with Gasteiger partial charge in [0.1, 0.15) is 0 Å². The van der Waals surface area contributed by atoms with Crippen LogP contribution < -0.4 is 5.32 Å². The molecule has 2 aromatic heterocycles. The number of aromatic nitrogens is 3. The van der Waals surface area contributed by atoms with E-state index in [1.807, 2.05) is 30.6 Å². The molecular weight excluding hydrogens is 348 g/mol. The van der Waals surface area contributed by atoms with Crippen molar-refractivity contribution in [1.29, 1.82) is 0 Å². The number of rotatable bonds is 2. The summed E-state index contributed by atoms with van der Waals surface area (Å²) >= 11 is 1.54. The highest BCUT2D eigenvalue weighted by atomic mass is 32.1. The van der Waals surface area contributed by atoms with E-state index in [1.165, 1.54) is 11.3 Å². The molecule has 0 saturated carbocycles. The smallest absolute Gasteiger partial charge is 0.237 e. The van der Waals surface area contributed by atoms with Crippen LogP contribution in [0.2, 0.25) is 0 Å². The molecule has 2 aliphatic rings. The summed E-state index contributed by atoms with van der Waals surface area (Å²) in [5, 5.41) is 9.80. The van der Waals surface area contributed by atoms with E-state index in [2.05, 4.69) is 21.5 Å². The summed E-state index contributed by atoms with van der Waals surface area (Å²) < 4.78 is 1.80. The number of aryl methyl sites for hydroxylation is 2. The van der Waals surface area contributed by atoms with Gasteiger partial charge < -0.3 is 0 Å². The van der Waals surface area contributed by atoms with E-state index < -0.39 is 5.41 Å². The quantitative estimate of drug-likeness (QED) is 0.709. The fourth-order valence-corrected chi connectivity index (χ4v) is 4.72. The summed E-state index contributed by atoms with van der Waals surface area (Å²) in [6, 6.07) is 6.17. The third kappa shape index (κ3) is 2.10. The molecule has 26 heavy (non-hydrogen) atoms. The van der Waals surface area contributed by atoms with E-state index in [1.54, 1.807) is 10.9 Å². The third-order valence-corrected chi connectivity index (χ3v) is 6.18. The Morgan fingerprint density at radius 2 is 2.19 bits per heavy atom. The SMILES string of the molecule is Cc1nn(-c2nccs2)cc1-c1ccc2c(c1)CCC21CC(=O)NC1=O. The highest BCUT2D eigenvalue weighted by Crippen LogP contribution is 2.45. The van der Waals surface area contributed by atoms with Crippen LogP contribution in [0.3, 0.4) is 0 Å². The first-order valence-electron chi connectivity index (χ1n) is 8.51. The normalized spacial score (nSPS) is 21.4. The number of imide groups is 1. The molecule has 0 bridgehead atoms. The van der Waals surface area contributed by atoms with Gasteiger partial charge in [0.25, 0.3) is 0 Å². The number of nitrogens with zero attached hydrogens (tertiary/aromatic N) is 3. The molecule has 1 aliphatic heterocycles. The number of carbonyl (C=O) groups is 2. The fraction of sp³-hybridized carbons (Fsp3) is 0.263. The summed E-state index contributed by atoms with van der Waals surface area (Å²) in [5.74, 6) is -0.325. The maximum atomic E-state index is 12.4. The van der Waals surface area contributed by atoms with Gasteiger partial charge in [-0.1, -0.05) is 18.2 Å². The molecule has 3 aromatic rings. The first-order chi connectivity index (χ1) is 12.6. The minimum absolute atomic E-state index is 0.151. The van der Waals surface area contributed by atoms with Gasteiger partial charge >= 0.3 is 0 Å². The fourth-order valence-electron chi connectivity index (χ4n) is 4.15. The van der Waals surface area contributed by atoms with E-state index in [4.69, 9.17) is 0 Å². The molecule has 1 unspecified atom stereocenters. The Balaban J connectivity index is 1.56. The number of hydrogen-bond acceptors (Lipinski definition) is 5. The summed E-state index contributed by atoms with van der Waals surface area (Å²) in [6.07, 6.45) is 5.52. The lowest BCUT2D eigenvalue weighted by Crippen LogP contribution is -2.33. The topological polar surface area (TPSA) is 76.9 Å². The maximum Gasteiger partial charge on any atom is 0.237 e. The van der Waals surface area contributed by atoms with E-state index in [-0.39, 0.29) is 18.2 Å². The van der Waals surface area contributed by atoms with Gasteiger partial charge in [0.15, 0.2) is 0 Å². The van der Waals surface area contributed by atoms with Crippen LogP contribution in [0.15, 0.2) is 36.0 Å². The van der Waals surface area contributed by atoms with Crippen LogP contribution in [-0.4, -0.2) is 26.6 Å². The predicted octanol–water partition coefficient (Wildman–Crippen LogP) is 2.53. The van der Waals surface area contributed by atoms with Crippen molar-refractivity contribution in [3.05, 3.63) is 52.8 Å². The molecular formula is C19H16N4O2S. The Morgan fingerprint density at radius 1 is 1.31 bits per heavy atom. The van der Waals surface area contributed by atoms with Crippen LogP contribution in [0.25, 0.3) is 16.3 Å². The zero-order chi connectivity index (χ0) is 17.9. The lowest BCUT2D eigenvalue weighted by Gasteiger charge is -2.20. The minimum atomic E-state index is -0.662. The second kappa shape index (κ2) is 5.35. The molecule has 1 aromatic carbocycles. The second-order valence-electron chi connectivity index (χ2n) is 6.90. The van der Waals surface area contributed by atoms with E-state index in [9.17, 15) is 9.59 Å². The molecule has 1 fully saturated rings. The van der Waals surface area contributed by atoms with Crippen LogP contribution in [0, 0.1) is 6.92 Å². The highest BCUT2D eigenvalue weighted by molar-refractivity contribution is 7.12. The molecule has 2 amide bonds. The average molecular weight is 364 g/mol. The van der Waals surface area contributed by atoms with Crippen LogP contribution in [0.5, 0.6) is 0 Å². The maximum absolute atomic E-state index is 12.4. The van der Waals surface area contributed by atoms with Crippen LogP contribution in [0.1, 0.15) is 29.7 Å². The highest BCUT2D eigenvalue weighted by Gasteiger charge is 2.51. The number of thiazole rings is 1. The summed E-state index contributed by atoms with van der Waals surface area (Å²) in [7, 11) is 0. The molecule has 1 N–H and O–H groups in total. The Morgan fingerprint density at radius 3 is 2.92 bits per heavy atom. The summed E-state index contributed by atoms with van der Waals surface area (Å²) in [4.78, 5) is 28.4. The molecule has 130 valence electrons. The number of carbonyl (C=O) groups excluding carboxylic acids is 2. The van der Waals surface area contributed by atoms with Crippen molar-refractivity contribution < 1.29 is 9.59 Å². The molecule has 7 heteroatoms. The van der Waals surface area contributed by atoms with Gasteiger partial charge in [0, 0.05) is 29.8 Å². The molecule has 6 nitrogen and oxygen atoms in total. The Labute approximate surface area is 153 Å². The van der Waals surface area contributed by atoms with Gasteiger partial charge in [0.05, 0.1) is 11.1 Å². The molecule has 1 saturated heterocycles. The Bertz CT molecular complexity index is 1050. The standard InChI is InChI=1S/C19H16N4O2S/c1-11-14(10-23(22-11)18-20-6-7-26-18)12-2-3-15-13(8-12)4-5-19(15)9-16(24)21-17(19)25/h2-3,6-8,10H,4-5,9H2,1H3,(H,21,24,25). The molecule has 5 rings (SSSR count). The number of fused-ring (bicyclic) bond motifs is 2. The van der Waals surface area contributed by atoms with Crippen molar-refractivity contribution in [3.8, 4) is 16.3 Å². The van der Waals surface area contributed by atoms with Gasteiger partial charge in [-0.25, -0.2) is 9.67 Å². The monoisotopic (exact) mass is 364 g/mol. The minimum Gasteiger partial charge on any atom is -0.296 e. The first-order valence-corrected chi connectivity index (χ1v) is 9.39. The van der Waals surface area contributed by atoms with Crippen molar-refractivity contribution in [2.45, 2.75) is 31.6 Å². The van der Waals surface area contributed by atoms with E-state index in [0.29, 0.717) is 6.42 Å².